The Morgan fingerprint density at radius 2 is 1.86 bits per heavy atom. The molecule has 0 aromatic heterocycles. The number of likely N-dealkylation sites (N-methyl/N-ethyl adjacent to an activating group) is 1. The number of hydrogen-bond donors (Lipinski definition) is 3. The molecule has 0 rings (SSSR count). The van der Waals surface area contributed by atoms with Crippen molar-refractivity contribution < 1.29 is 19.6 Å². The van der Waals surface area contributed by atoms with E-state index in [2.05, 4.69) is 10.6 Å². The molecule has 7 nitrogen and oxygen atoms in total. The second kappa shape index (κ2) is 9.40. The summed E-state index contributed by atoms with van der Waals surface area (Å²) in [5.74, 6) is -1.16. The van der Waals surface area contributed by atoms with Crippen molar-refractivity contribution >= 4 is 18.2 Å². The number of rotatable bonds is 9. The molecule has 0 spiro atoms. The summed E-state index contributed by atoms with van der Waals surface area (Å²) in [7, 11) is 1.52. The Hall–Kier alpha value is -1.63. The predicted octanol–water partition coefficient (Wildman–Crippen LogP) is 0.917. The normalized spacial score (nSPS) is 13.9. The summed E-state index contributed by atoms with van der Waals surface area (Å²) in [4.78, 5) is 35.0. The molecule has 2 atom stereocenters. The molecule has 2 unspecified atom stereocenters. The lowest BCUT2D eigenvalue weighted by atomic mass is 9.85. The van der Waals surface area contributed by atoms with E-state index in [1.54, 1.807) is 0 Å². The number of carbonyl (C=O) groups is 3. The zero-order valence-electron chi connectivity index (χ0n) is 14.2. The maximum atomic E-state index is 12.4. The summed E-state index contributed by atoms with van der Waals surface area (Å²) >= 11 is 0. The lowest BCUT2D eigenvalue weighted by Gasteiger charge is -2.31. The van der Waals surface area contributed by atoms with Crippen molar-refractivity contribution in [3.63, 3.8) is 0 Å². The van der Waals surface area contributed by atoms with Gasteiger partial charge in [-0.2, -0.15) is 0 Å². The van der Waals surface area contributed by atoms with E-state index in [0.717, 1.165) is 12.8 Å². The van der Waals surface area contributed by atoms with E-state index in [9.17, 15) is 19.6 Å². The first kappa shape index (κ1) is 20.4. The quantitative estimate of drug-likeness (QED) is 0.335. The molecule has 0 radical (unpaired) electrons. The van der Waals surface area contributed by atoms with E-state index in [1.165, 1.54) is 7.05 Å². The number of nitrogens with zero attached hydrogens (tertiary/aromatic N) is 1. The van der Waals surface area contributed by atoms with Crippen LogP contribution in [0, 0.1) is 11.3 Å². The molecular weight excluding hydrogens is 286 g/mol. The minimum Gasteiger partial charge on any atom is -0.357 e. The molecule has 3 N–H and O–H groups in total. The summed E-state index contributed by atoms with van der Waals surface area (Å²) in [6.45, 7) is 7.49. The first-order valence-electron chi connectivity index (χ1n) is 7.60. The van der Waals surface area contributed by atoms with Crippen LogP contribution in [0.15, 0.2) is 0 Å². The van der Waals surface area contributed by atoms with Gasteiger partial charge in [-0.3, -0.25) is 19.6 Å². The second-order valence-corrected chi connectivity index (χ2v) is 6.49. The molecule has 0 bridgehead atoms. The lowest BCUT2D eigenvalue weighted by molar-refractivity contribution is -0.155. The summed E-state index contributed by atoms with van der Waals surface area (Å²) in [6.07, 6.45) is 2.50. The van der Waals surface area contributed by atoms with Crippen LogP contribution < -0.4 is 10.6 Å². The van der Waals surface area contributed by atoms with Gasteiger partial charge in [0, 0.05) is 7.05 Å². The van der Waals surface area contributed by atoms with Crippen molar-refractivity contribution in [2.24, 2.45) is 11.3 Å². The maximum absolute atomic E-state index is 12.4. The van der Waals surface area contributed by atoms with Gasteiger partial charge >= 0.3 is 0 Å². The molecular formula is C15H29N3O4. The van der Waals surface area contributed by atoms with Gasteiger partial charge in [0.25, 0.3) is 0 Å². The van der Waals surface area contributed by atoms with Gasteiger partial charge in [0.1, 0.15) is 6.04 Å². The third-order valence-corrected chi connectivity index (χ3v) is 3.47. The van der Waals surface area contributed by atoms with Crippen molar-refractivity contribution in [3.8, 4) is 0 Å². The Labute approximate surface area is 132 Å². The number of hydrogen-bond acceptors (Lipinski definition) is 4. The number of amides is 3. The smallest absolute Gasteiger partial charge is 0.242 e. The van der Waals surface area contributed by atoms with Gasteiger partial charge in [-0.1, -0.05) is 40.5 Å². The third kappa shape index (κ3) is 6.89. The van der Waals surface area contributed by atoms with E-state index in [0.29, 0.717) is 11.5 Å². The van der Waals surface area contributed by atoms with Gasteiger partial charge in [-0.25, -0.2) is 5.06 Å². The highest BCUT2D eigenvalue weighted by molar-refractivity contribution is 5.89. The van der Waals surface area contributed by atoms with Crippen molar-refractivity contribution in [1.29, 1.82) is 0 Å². The average molecular weight is 315 g/mol. The first-order chi connectivity index (χ1) is 10.2. The Morgan fingerprint density at radius 1 is 1.27 bits per heavy atom. The van der Waals surface area contributed by atoms with Crippen LogP contribution in [0.4, 0.5) is 0 Å². The highest BCUT2D eigenvalue weighted by atomic mass is 16.5. The molecule has 0 aliphatic rings. The average Bonchev–Trinajstić information content (AvgIpc) is 2.46. The summed E-state index contributed by atoms with van der Waals surface area (Å²) in [5.41, 5.74) is -0.450. The molecule has 128 valence electrons. The van der Waals surface area contributed by atoms with Crippen LogP contribution in [-0.4, -0.2) is 48.1 Å². The van der Waals surface area contributed by atoms with Crippen LogP contribution in [0.2, 0.25) is 0 Å². The van der Waals surface area contributed by atoms with E-state index in [-0.39, 0.29) is 24.8 Å². The van der Waals surface area contributed by atoms with Crippen LogP contribution in [0.25, 0.3) is 0 Å². The SMILES string of the molecule is CCCCC(CN(O)C=O)C(=O)NC(C(=O)NC)C(C)(C)C. The van der Waals surface area contributed by atoms with E-state index < -0.39 is 17.4 Å². The van der Waals surface area contributed by atoms with Crippen LogP contribution in [0.1, 0.15) is 47.0 Å². The largest absolute Gasteiger partial charge is 0.357 e. The number of hydroxylamine groups is 2. The Morgan fingerprint density at radius 3 is 2.27 bits per heavy atom. The minimum atomic E-state index is -0.683. The first-order valence-corrected chi connectivity index (χ1v) is 7.60. The minimum absolute atomic E-state index is 0.0834. The fourth-order valence-electron chi connectivity index (χ4n) is 2.10. The van der Waals surface area contributed by atoms with Crippen LogP contribution in [0.3, 0.4) is 0 Å². The predicted molar refractivity (Wildman–Crippen MR) is 83.0 cm³/mol. The molecule has 0 aliphatic carbocycles. The van der Waals surface area contributed by atoms with E-state index in [4.69, 9.17) is 0 Å². The molecule has 22 heavy (non-hydrogen) atoms. The molecule has 7 heteroatoms. The zero-order valence-corrected chi connectivity index (χ0v) is 14.2. The molecule has 3 amide bonds. The summed E-state index contributed by atoms with van der Waals surface area (Å²) in [6, 6.07) is -0.683. The summed E-state index contributed by atoms with van der Waals surface area (Å²) < 4.78 is 0. The Balaban J connectivity index is 5.02. The van der Waals surface area contributed by atoms with Gasteiger partial charge in [0.05, 0.1) is 12.5 Å². The van der Waals surface area contributed by atoms with Gasteiger partial charge in [-0.05, 0) is 11.8 Å². The standard InChI is InChI=1S/C15H29N3O4/c1-6-7-8-11(9-18(22)10-19)13(20)17-12(14(21)16-5)15(2,3)4/h10-12,22H,6-9H2,1-5H3,(H,16,21)(H,17,20). The molecule has 0 saturated heterocycles. The highest BCUT2D eigenvalue weighted by Gasteiger charge is 2.34. The van der Waals surface area contributed by atoms with Gasteiger partial charge in [0.2, 0.25) is 18.2 Å². The van der Waals surface area contributed by atoms with Crippen molar-refractivity contribution in [3.05, 3.63) is 0 Å². The lowest BCUT2D eigenvalue weighted by Crippen LogP contribution is -2.54. The molecule has 0 heterocycles. The number of unbranched alkanes of at least 4 members (excludes halogenated alkanes) is 1. The molecule has 0 fully saturated rings. The molecule has 0 aromatic carbocycles. The van der Waals surface area contributed by atoms with Gasteiger partial charge in [0.15, 0.2) is 0 Å². The highest BCUT2D eigenvalue weighted by Crippen LogP contribution is 2.20. The third-order valence-electron chi connectivity index (χ3n) is 3.47. The Kier molecular flexibility index (Phi) is 8.70. The van der Waals surface area contributed by atoms with Crippen LogP contribution in [0.5, 0.6) is 0 Å². The second-order valence-electron chi connectivity index (χ2n) is 6.49. The number of nitrogens with one attached hydrogen (secondary N) is 2. The summed E-state index contributed by atoms with van der Waals surface area (Å²) in [5, 5.41) is 15.1. The maximum Gasteiger partial charge on any atom is 0.242 e. The fraction of sp³-hybridized carbons (Fsp3) is 0.800. The van der Waals surface area contributed by atoms with E-state index in [1.807, 2.05) is 27.7 Å². The van der Waals surface area contributed by atoms with Crippen LogP contribution in [-0.2, 0) is 14.4 Å². The number of carbonyl (C=O) groups excluding carboxylic acids is 3. The van der Waals surface area contributed by atoms with E-state index >= 15 is 0 Å². The van der Waals surface area contributed by atoms with Gasteiger partial charge < -0.3 is 10.6 Å². The zero-order chi connectivity index (χ0) is 17.3. The molecule has 0 saturated carbocycles. The molecule has 0 aromatic rings. The van der Waals surface area contributed by atoms with Crippen molar-refractivity contribution in [1.82, 2.24) is 15.7 Å². The monoisotopic (exact) mass is 315 g/mol. The van der Waals surface area contributed by atoms with Crippen LogP contribution >= 0.6 is 0 Å². The Bertz CT molecular complexity index is 379. The van der Waals surface area contributed by atoms with Crippen molar-refractivity contribution in [2.45, 2.75) is 53.0 Å². The van der Waals surface area contributed by atoms with Crippen molar-refractivity contribution in [2.75, 3.05) is 13.6 Å². The fourth-order valence-corrected chi connectivity index (χ4v) is 2.10. The van der Waals surface area contributed by atoms with Gasteiger partial charge in [-0.15, -0.1) is 0 Å². The topological polar surface area (TPSA) is 98.7 Å². The molecule has 0 aliphatic heterocycles.